The Morgan fingerprint density at radius 3 is 1.62 bits per heavy atom. The molecule has 4 aliphatic rings. The second-order valence-corrected chi connectivity index (χ2v) is 17.7. The van der Waals surface area contributed by atoms with E-state index in [0.717, 1.165) is 36.9 Å². The van der Waals surface area contributed by atoms with Gasteiger partial charge in [-0.05, 0) is 81.5 Å². The highest BCUT2D eigenvalue weighted by molar-refractivity contribution is 6.31. The van der Waals surface area contributed by atoms with Crippen LogP contribution in [0.4, 0.5) is 64.0 Å². The van der Waals surface area contributed by atoms with E-state index in [1.54, 1.807) is 9.80 Å². The van der Waals surface area contributed by atoms with E-state index in [9.17, 15) is 54.9 Å². The lowest BCUT2D eigenvalue weighted by Gasteiger charge is -2.45. The van der Waals surface area contributed by atoms with Gasteiger partial charge in [-0.15, -0.1) is 12.4 Å². The molecule has 2 amide bonds. The zero-order chi connectivity index (χ0) is 50.4. The van der Waals surface area contributed by atoms with Gasteiger partial charge in [-0.1, -0.05) is 42.2 Å². The molecule has 28 heteroatoms. The SMILES string of the molecule is C.Cl.Nc1ncnc(Cl)c1F.Nc1ncnc(N2CC[C@H](O)[C@@H](N3CCC[C@@H](Nc4cc(Cl)cc(C(F)(F)F)c4)C3=O)C2)c1F.O=C1[C@H](Nc2cc(Cl)cc(C(F)(F)F)c2)CCCN1[C@H]1CNCC[C@@H]1O. The number of nitrogens with two attached hydrogens (primary N) is 2. The van der Waals surface area contributed by atoms with Crippen LogP contribution in [-0.2, 0) is 21.9 Å². The zero-order valence-electron chi connectivity index (χ0n) is 36.6. The van der Waals surface area contributed by atoms with Crippen LogP contribution < -0.4 is 32.3 Å². The third-order valence-electron chi connectivity index (χ3n) is 11.7. The third kappa shape index (κ3) is 15.0. The van der Waals surface area contributed by atoms with Crippen LogP contribution in [0.15, 0.2) is 49.1 Å². The first-order chi connectivity index (χ1) is 32.5. The highest BCUT2D eigenvalue weighted by Crippen LogP contribution is 2.36. The van der Waals surface area contributed by atoms with Gasteiger partial charge in [0.15, 0.2) is 22.6 Å². The summed E-state index contributed by atoms with van der Waals surface area (Å²) in [5, 5.41) is 29.3. The van der Waals surface area contributed by atoms with Crippen molar-refractivity contribution in [3.05, 3.63) is 87.0 Å². The molecule has 0 aliphatic carbocycles. The van der Waals surface area contributed by atoms with Gasteiger partial charge in [-0.25, -0.2) is 19.9 Å². The number of aliphatic hydroxyl groups excluding tert-OH is 2. The largest absolute Gasteiger partial charge is 0.416 e. The van der Waals surface area contributed by atoms with Crippen molar-refractivity contribution in [1.29, 1.82) is 0 Å². The van der Waals surface area contributed by atoms with Gasteiger partial charge in [0.25, 0.3) is 0 Å². The van der Waals surface area contributed by atoms with Gasteiger partial charge in [0.1, 0.15) is 24.7 Å². The van der Waals surface area contributed by atoms with Crippen LogP contribution in [0.25, 0.3) is 0 Å². The highest BCUT2D eigenvalue weighted by Gasteiger charge is 2.41. The maximum Gasteiger partial charge on any atom is 0.416 e. The second kappa shape index (κ2) is 25.1. The topological polar surface area (TPSA) is 224 Å². The number of aromatic nitrogens is 4. The normalized spacial score (nSPS) is 22.7. The highest BCUT2D eigenvalue weighted by atomic mass is 35.5. The molecular weight excluding hydrogens is 1040 g/mol. The number of nitrogen functional groups attached to an aromatic ring is 2. The van der Waals surface area contributed by atoms with Gasteiger partial charge in [-0.3, -0.25) is 9.59 Å². The minimum Gasteiger partial charge on any atom is -0.391 e. The van der Waals surface area contributed by atoms with Gasteiger partial charge in [0, 0.05) is 54.1 Å². The molecule has 2 aromatic carbocycles. The quantitative estimate of drug-likeness (QED) is 0.0713. The van der Waals surface area contributed by atoms with Crippen LogP contribution >= 0.6 is 47.2 Å². The van der Waals surface area contributed by atoms with Gasteiger partial charge >= 0.3 is 12.4 Å². The van der Waals surface area contributed by atoms with E-state index in [1.165, 1.54) is 17.0 Å². The van der Waals surface area contributed by atoms with Crippen LogP contribution in [0.2, 0.25) is 15.2 Å². The smallest absolute Gasteiger partial charge is 0.391 e. The maximum absolute atomic E-state index is 14.4. The van der Waals surface area contributed by atoms with Gasteiger partial charge in [-0.2, -0.15) is 35.1 Å². The molecule has 392 valence electrons. The zero-order valence-corrected chi connectivity index (χ0v) is 39.7. The molecule has 16 nitrogen and oxygen atoms in total. The van der Waals surface area contributed by atoms with Crippen LogP contribution in [0.3, 0.4) is 0 Å². The number of likely N-dealkylation sites (tertiary alicyclic amines) is 2. The summed E-state index contributed by atoms with van der Waals surface area (Å²) in [6, 6.07) is 3.80. The summed E-state index contributed by atoms with van der Waals surface area (Å²) in [6.45, 7) is 2.51. The Labute approximate surface area is 424 Å². The molecule has 4 fully saturated rings. The third-order valence-corrected chi connectivity index (χ3v) is 12.4. The molecule has 4 aliphatic heterocycles. The number of piperidine rings is 4. The molecule has 9 N–H and O–H groups in total. The molecule has 0 radical (unpaired) electrons. The molecule has 6 heterocycles. The van der Waals surface area contributed by atoms with Gasteiger partial charge in [0.05, 0.1) is 35.4 Å². The molecule has 0 bridgehead atoms. The van der Waals surface area contributed by atoms with Crippen molar-refractivity contribution < 1.29 is 54.9 Å². The number of halogens is 12. The molecule has 71 heavy (non-hydrogen) atoms. The summed E-state index contributed by atoms with van der Waals surface area (Å²) in [4.78, 5) is 45.0. The summed E-state index contributed by atoms with van der Waals surface area (Å²) in [5.41, 5.74) is 9.00. The van der Waals surface area contributed by atoms with Crippen LogP contribution in [0.1, 0.15) is 57.1 Å². The first kappa shape index (κ1) is 58.6. The van der Waals surface area contributed by atoms with E-state index >= 15 is 0 Å². The van der Waals surface area contributed by atoms with E-state index in [4.69, 9.17) is 46.3 Å². The standard InChI is InChI=1S/C21H23ClF4N6O2.C17H21ClF3N3O2.C4H3ClFN3.CH4.ClH/c22-12-6-11(21(24,25)26)7-13(8-12)30-14-2-1-4-32(20(14)34)15-9-31(5-3-16(15)33)19-17(23)18(27)28-10-29-19;18-11-6-10(17(19,20)21)7-12(8-11)23-13-2-1-5-24(16(13)26)14-9-22-4-3-15(14)25;5-3-2(6)4(7)9-1-8-3;;/h6-8,10,14-16,30,33H,1-5,9H2,(H2,27,28,29);6-8,13-15,22-23,25H,1-5,9H2;1H,(H2,7,8,9);1H4;1H/t14-,15+,16+;13-,14+,15+;;;/m11.../s1. The summed E-state index contributed by atoms with van der Waals surface area (Å²) >= 11 is 16.9. The molecular formula is C43H52Cl4F8N12O4. The van der Waals surface area contributed by atoms with Crippen molar-refractivity contribution in [2.24, 2.45) is 0 Å². The van der Waals surface area contributed by atoms with Crippen LogP contribution in [0, 0.1) is 11.6 Å². The Hall–Kier alpha value is -4.98. The number of anilines is 5. The Morgan fingerprint density at radius 1 is 0.662 bits per heavy atom. The van der Waals surface area contributed by atoms with E-state index in [1.807, 2.05) is 0 Å². The molecule has 2 aromatic heterocycles. The minimum atomic E-state index is -4.58. The lowest BCUT2D eigenvalue weighted by atomic mass is 9.95. The summed E-state index contributed by atoms with van der Waals surface area (Å²) in [5.74, 6) is -2.66. The second-order valence-electron chi connectivity index (χ2n) is 16.5. The maximum atomic E-state index is 14.4. The minimum absolute atomic E-state index is 0. The van der Waals surface area contributed by atoms with Crippen molar-refractivity contribution in [2.45, 2.75) is 94.7 Å². The molecule has 8 rings (SSSR count). The number of rotatable bonds is 7. The lowest BCUT2D eigenvalue weighted by Crippen LogP contribution is -2.61. The molecule has 4 saturated heterocycles. The van der Waals surface area contributed by atoms with Crippen molar-refractivity contribution >= 4 is 87.9 Å². The van der Waals surface area contributed by atoms with E-state index in [-0.39, 0.29) is 94.7 Å². The number of aliphatic hydroxyl groups is 2. The van der Waals surface area contributed by atoms with E-state index < -0.39 is 65.4 Å². The Morgan fingerprint density at radius 2 is 1.14 bits per heavy atom. The van der Waals surface area contributed by atoms with Gasteiger partial charge < -0.3 is 52.3 Å². The van der Waals surface area contributed by atoms with E-state index in [2.05, 4.69) is 35.9 Å². The molecule has 4 aromatic rings. The van der Waals surface area contributed by atoms with E-state index in [0.29, 0.717) is 64.8 Å². The van der Waals surface area contributed by atoms with Crippen molar-refractivity contribution in [1.82, 2.24) is 35.1 Å². The summed E-state index contributed by atoms with van der Waals surface area (Å²) in [6.07, 6.45) is -5.30. The first-order valence-corrected chi connectivity index (χ1v) is 22.5. The number of nitrogens with one attached hydrogen (secondary N) is 3. The van der Waals surface area contributed by atoms with Crippen molar-refractivity contribution in [3.63, 3.8) is 0 Å². The number of carbonyl (C=O) groups excluding carboxylic acids is 2. The predicted molar refractivity (Wildman–Crippen MR) is 255 cm³/mol. The Balaban J connectivity index is 0.000000262. The molecule has 0 spiro atoms. The van der Waals surface area contributed by atoms with Crippen molar-refractivity contribution in [3.8, 4) is 0 Å². The first-order valence-electron chi connectivity index (χ1n) is 21.4. The van der Waals surface area contributed by atoms with Crippen LogP contribution in [-0.4, -0.2) is 127 Å². The van der Waals surface area contributed by atoms with Crippen molar-refractivity contribution in [2.75, 3.05) is 66.3 Å². The number of benzene rings is 2. The Kier molecular flexibility index (Phi) is 20.7. The van der Waals surface area contributed by atoms with Crippen LogP contribution in [0.5, 0.6) is 0 Å². The number of hydrogen-bond donors (Lipinski definition) is 7. The fraction of sp³-hybridized carbons (Fsp3) is 0.488. The van der Waals surface area contributed by atoms with Gasteiger partial charge in [0.2, 0.25) is 23.4 Å². The monoisotopic (exact) mass is 1090 g/mol. The molecule has 6 atom stereocenters. The fourth-order valence-electron chi connectivity index (χ4n) is 8.32. The summed E-state index contributed by atoms with van der Waals surface area (Å²) in [7, 11) is 0. The number of hydrogen-bond acceptors (Lipinski definition) is 14. The average molecular weight is 1090 g/mol. The average Bonchev–Trinajstić information content (AvgIpc) is 3.28. The summed E-state index contributed by atoms with van der Waals surface area (Å²) < 4.78 is 105. The number of nitrogens with zero attached hydrogens (tertiary/aromatic N) is 7. The number of carbonyl (C=O) groups is 2. The molecule has 0 saturated carbocycles. The molecule has 0 unspecified atom stereocenters. The number of amides is 2. The lowest BCUT2D eigenvalue weighted by molar-refractivity contribution is -0.140. The predicted octanol–water partition coefficient (Wildman–Crippen LogP) is 7.31. The fourth-order valence-corrected chi connectivity index (χ4v) is 8.93. The Bertz CT molecular complexity index is 2430. The number of alkyl halides is 6.